The lowest BCUT2D eigenvalue weighted by atomic mass is 10.1. The van der Waals surface area contributed by atoms with Crippen LogP contribution in [-0.2, 0) is 0 Å². The molecule has 1 heterocycles. The summed E-state index contributed by atoms with van der Waals surface area (Å²) < 4.78 is 10.5. The lowest BCUT2D eigenvalue weighted by Gasteiger charge is -2.42. The van der Waals surface area contributed by atoms with Crippen LogP contribution in [-0.4, -0.2) is 62.1 Å². The van der Waals surface area contributed by atoms with Crippen molar-refractivity contribution in [1.82, 2.24) is 9.80 Å². The van der Waals surface area contributed by atoms with Gasteiger partial charge in [0, 0.05) is 30.7 Å². The van der Waals surface area contributed by atoms with Gasteiger partial charge in [-0.1, -0.05) is 0 Å². The zero-order chi connectivity index (χ0) is 15.6. The van der Waals surface area contributed by atoms with E-state index in [4.69, 9.17) is 9.47 Å². The van der Waals surface area contributed by atoms with Gasteiger partial charge in [-0.15, -0.1) is 0 Å². The van der Waals surface area contributed by atoms with Crippen molar-refractivity contribution >= 4 is 5.91 Å². The summed E-state index contributed by atoms with van der Waals surface area (Å²) in [5, 5.41) is 0. The van der Waals surface area contributed by atoms with Gasteiger partial charge in [0.1, 0.15) is 0 Å². The van der Waals surface area contributed by atoms with Crippen LogP contribution in [0.15, 0.2) is 18.2 Å². The number of methoxy groups -OCH3 is 2. The highest BCUT2D eigenvalue weighted by Crippen LogP contribution is 2.28. The molecule has 0 radical (unpaired) electrons. The maximum Gasteiger partial charge on any atom is 0.254 e. The number of hydrogen-bond acceptors (Lipinski definition) is 4. The summed E-state index contributed by atoms with van der Waals surface area (Å²) in [7, 11) is 5.27. The first-order valence-corrected chi connectivity index (χ1v) is 7.21. The van der Waals surface area contributed by atoms with Crippen molar-refractivity contribution in [2.75, 3.05) is 34.4 Å². The molecule has 0 spiro atoms. The molecule has 1 fully saturated rings. The molecule has 1 aliphatic heterocycles. The monoisotopic (exact) mass is 292 g/mol. The van der Waals surface area contributed by atoms with Gasteiger partial charge in [-0.3, -0.25) is 9.69 Å². The maximum absolute atomic E-state index is 12.7. The molecule has 5 heteroatoms. The van der Waals surface area contributed by atoms with Gasteiger partial charge >= 0.3 is 0 Å². The van der Waals surface area contributed by atoms with Crippen LogP contribution in [0.1, 0.15) is 24.2 Å². The fourth-order valence-corrected chi connectivity index (χ4v) is 2.72. The van der Waals surface area contributed by atoms with Gasteiger partial charge in [-0.25, -0.2) is 0 Å². The Morgan fingerprint density at radius 1 is 1.10 bits per heavy atom. The lowest BCUT2D eigenvalue weighted by Crippen LogP contribution is -2.56. The Hall–Kier alpha value is -1.75. The molecular formula is C16H24N2O3. The second kappa shape index (κ2) is 6.35. The average molecular weight is 292 g/mol. The van der Waals surface area contributed by atoms with Gasteiger partial charge in [0.25, 0.3) is 5.91 Å². The van der Waals surface area contributed by atoms with E-state index in [0.29, 0.717) is 29.1 Å². The average Bonchev–Trinajstić information content (AvgIpc) is 2.50. The number of benzene rings is 1. The molecular weight excluding hydrogens is 268 g/mol. The fourth-order valence-electron chi connectivity index (χ4n) is 2.72. The first kappa shape index (κ1) is 15.6. The van der Waals surface area contributed by atoms with Gasteiger partial charge in [0.15, 0.2) is 11.5 Å². The van der Waals surface area contributed by atoms with E-state index in [9.17, 15) is 4.79 Å². The number of nitrogens with zero attached hydrogens (tertiary/aromatic N) is 2. The molecule has 2 rings (SSSR count). The molecule has 0 saturated carbocycles. The third-order valence-corrected chi connectivity index (χ3v) is 4.28. The SMILES string of the molecule is COc1ccc(C(=O)N2CC(C)N(C)C(C)C2)cc1OC. The van der Waals surface area contributed by atoms with Crippen molar-refractivity contribution in [3.8, 4) is 11.5 Å². The molecule has 116 valence electrons. The first-order chi connectivity index (χ1) is 9.97. The summed E-state index contributed by atoms with van der Waals surface area (Å²) in [4.78, 5) is 16.9. The van der Waals surface area contributed by atoms with Crippen molar-refractivity contribution < 1.29 is 14.3 Å². The number of hydrogen-bond donors (Lipinski definition) is 0. The number of carbonyl (C=O) groups is 1. The number of amides is 1. The number of piperazine rings is 1. The minimum atomic E-state index is 0.0442. The van der Waals surface area contributed by atoms with E-state index in [0.717, 1.165) is 13.1 Å². The Labute approximate surface area is 126 Å². The normalized spacial score (nSPS) is 23.0. The standard InChI is InChI=1S/C16H24N2O3/c1-11-9-18(10-12(2)17(11)3)16(19)13-6-7-14(20-4)15(8-13)21-5/h6-8,11-12H,9-10H2,1-5H3. The summed E-state index contributed by atoms with van der Waals surface area (Å²) in [6.45, 7) is 5.77. The largest absolute Gasteiger partial charge is 0.493 e. The van der Waals surface area contributed by atoms with Crippen LogP contribution in [0.5, 0.6) is 11.5 Å². The second-order valence-corrected chi connectivity index (χ2v) is 5.64. The zero-order valence-electron chi connectivity index (χ0n) is 13.4. The van der Waals surface area contributed by atoms with Crippen LogP contribution in [0.2, 0.25) is 0 Å². The summed E-state index contributed by atoms with van der Waals surface area (Å²) >= 11 is 0. The van der Waals surface area contributed by atoms with E-state index >= 15 is 0 Å². The Bertz CT molecular complexity index is 506. The molecule has 0 bridgehead atoms. The first-order valence-electron chi connectivity index (χ1n) is 7.21. The summed E-state index contributed by atoms with van der Waals surface area (Å²) in [5.41, 5.74) is 0.636. The Morgan fingerprint density at radius 3 is 2.19 bits per heavy atom. The Kier molecular flexibility index (Phi) is 4.73. The van der Waals surface area contributed by atoms with Crippen LogP contribution >= 0.6 is 0 Å². The minimum absolute atomic E-state index is 0.0442. The van der Waals surface area contributed by atoms with E-state index in [1.165, 1.54) is 0 Å². The zero-order valence-corrected chi connectivity index (χ0v) is 13.4. The molecule has 0 N–H and O–H groups in total. The molecule has 0 aromatic heterocycles. The third-order valence-electron chi connectivity index (χ3n) is 4.28. The van der Waals surface area contributed by atoms with Gasteiger partial charge in [0.2, 0.25) is 0 Å². The number of rotatable bonds is 3. The highest BCUT2D eigenvalue weighted by molar-refractivity contribution is 5.95. The number of carbonyl (C=O) groups excluding carboxylic acids is 1. The predicted molar refractivity (Wildman–Crippen MR) is 82.1 cm³/mol. The minimum Gasteiger partial charge on any atom is -0.493 e. The van der Waals surface area contributed by atoms with Gasteiger partial charge < -0.3 is 14.4 Å². The van der Waals surface area contributed by atoms with Crippen LogP contribution in [0.3, 0.4) is 0 Å². The third kappa shape index (κ3) is 3.13. The van der Waals surface area contributed by atoms with E-state index < -0.39 is 0 Å². The molecule has 5 nitrogen and oxygen atoms in total. The summed E-state index contributed by atoms with van der Waals surface area (Å²) in [5.74, 6) is 1.26. The van der Waals surface area contributed by atoms with Gasteiger partial charge in [-0.2, -0.15) is 0 Å². The lowest BCUT2D eigenvalue weighted by molar-refractivity contribution is 0.0414. The molecule has 1 aromatic rings. The molecule has 1 saturated heterocycles. The summed E-state index contributed by atoms with van der Waals surface area (Å²) in [6, 6.07) is 6.02. The van der Waals surface area contributed by atoms with E-state index in [1.54, 1.807) is 32.4 Å². The van der Waals surface area contributed by atoms with E-state index in [2.05, 4.69) is 25.8 Å². The predicted octanol–water partition coefficient (Wildman–Crippen LogP) is 1.87. The van der Waals surface area contributed by atoms with Gasteiger partial charge in [-0.05, 0) is 39.1 Å². The number of ether oxygens (including phenoxy) is 2. The second-order valence-electron chi connectivity index (χ2n) is 5.64. The molecule has 2 unspecified atom stereocenters. The molecule has 1 aliphatic rings. The summed E-state index contributed by atoms with van der Waals surface area (Å²) in [6.07, 6.45) is 0. The fraction of sp³-hybridized carbons (Fsp3) is 0.562. The van der Waals surface area contributed by atoms with Crippen molar-refractivity contribution in [2.45, 2.75) is 25.9 Å². The van der Waals surface area contributed by atoms with Crippen LogP contribution in [0.4, 0.5) is 0 Å². The quantitative estimate of drug-likeness (QED) is 0.853. The highest BCUT2D eigenvalue weighted by Gasteiger charge is 2.30. The van der Waals surface area contributed by atoms with E-state index in [1.807, 2.05) is 4.90 Å². The van der Waals surface area contributed by atoms with Crippen LogP contribution in [0, 0.1) is 0 Å². The molecule has 21 heavy (non-hydrogen) atoms. The molecule has 2 atom stereocenters. The van der Waals surface area contributed by atoms with Crippen molar-refractivity contribution in [1.29, 1.82) is 0 Å². The van der Waals surface area contributed by atoms with Gasteiger partial charge in [0.05, 0.1) is 14.2 Å². The van der Waals surface area contributed by atoms with Crippen molar-refractivity contribution in [3.63, 3.8) is 0 Å². The van der Waals surface area contributed by atoms with E-state index in [-0.39, 0.29) is 5.91 Å². The van der Waals surface area contributed by atoms with Crippen molar-refractivity contribution in [2.24, 2.45) is 0 Å². The highest BCUT2D eigenvalue weighted by atomic mass is 16.5. The topological polar surface area (TPSA) is 42.0 Å². The molecule has 1 aromatic carbocycles. The molecule has 1 amide bonds. The smallest absolute Gasteiger partial charge is 0.254 e. The molecule has 0 aliphatic carbocycles. The Morgan fingerprint density at radius 2 is 1.67 bits per heavy atom. The van der Waals surface area contributed by atoms with Crippen LogP contribution in [0.25, 0.3) is 0 Å². The number of likely N-dealkylation sites (N-methyl/N-ethyl adjacent to an activating group) is 1. The Balaban J connectivity index is 2.20. The van der Waals surface area contributed by atoms with Crippen molar-refractivity contribution in [3.05, 3.63) is 23.8 Å². The maximum atomic E-state index is 12.7. The van der Waals surface area contributed by atoms with Crippen LogP contribution < -0.4 is 9.47 Å².